The number of hydrogen-bond donors (Lipinski definition) is 0. The Kier molecular flexibility index (Phi) is 8.29. The lowest BCUT2D eigenvalue weighted by atomic mass is 9.68. The van der Waals surface area contributed by atoms with Gasteiger partial charge in [0.1, 0.15) is 11.2 Å². The molecule has 2 heteroatoms. The predicted octanol–water partition coefficient (Wildman–Crippen LogP) is 16.4. The van der Waals surface area contributed by atoms with E-state index >= 15 is 0 Å². The normalized spacial score (nSPS) is 15.3. The third kappa shape index (κ3) is 5.35. The third-order valence-corrected chi connectivity index (χ3v) is 14.4. The minimum atomic E-state index is -0.538. The lowest BCUT2D eigenvalue weighted by Crippen LogP contribution is -2.28. The van der Waals surface area contributed by atoms with E-state index in [1.54, 1.807) is 0 Å². The summed E-state index contributed by atoms with van der Waals surface area (Å²) in [5.74, 6) is 0. The highest BCUT2D eigenvalue weighted by molar-refractivity contribution is 6.10. The molecule has 1 aromatic heterocycles. The van der Waals surface area contributed by atoms with Crippen LogP contribution < -0.4 is 4.90 Å². The van der Waals surface area contributed by atoms with Crippen LogP contribution in [0.1, 0.15) is 45.9 Å². The van der Waals surface area contributed by atoms with Crippen molar-refractivity contribution >= 4 is 39.0 Å². The third-order valence-electron chi connectivity index (χ3n) is 14.4. The number of nitrogens with zero attached hydrogens (tertiary/aromatic N) is 1. The van der Waals surface area contributed by atoms with Crippen molar-refractivity contribution < 1.29 is 4.42 Å². The van der Waals surface area contributed by atoms with Crippen LogP contribution in [-0.4, -0.2) is 0 Å². The first-order valence-electron chi connectivity index (χ1n) is 22.6. The van der Waals surface area contributed by atoms with E-state index < -0.39 is 5.41 Å². The molecule has 0 radical (unpaired) electrons. The van der Waals surface area contributed by atoms with E-state index in [9.17, 15) is 0 Å². The number of anilines is 3. The summed E-state index contributed by atoms with van der Waals surface area (Å²) >= 11 is 0. The van der Waals surface area contributed by atoms with E-state index in [0.717, 1.165) is 50.1 Å². The lowest BCUT2D eigenvalue weighted by Gasteiger charge is -2.34. The predicted molar refractivity (Wildman–Crippen MR) is 269 cm³/mol. The topological polar surface area (TPSA) is 16.4 Å². The van der Waals surface area contributed by atoms with Gasteiger partial charge in [-0.1, -0.05) is 206 Å². The highest BCUT2D eigenvalue weighted by Gasteiger charge is 2.47. The van der Waals surface area contributed by atoms with Gasteiger partial charge >= 0.3 is 0 Å². The van der Waals surface area contributed by atoms with Crippen LogP contribution in [0.25, 0.3) is 55.3 Å². The van der Waals surface area contributed by atoms with Crippen LogP contribution in [0.5, 0.6) is 0 Å². The molecule has 2 aliphatic carbocycles. The first kappa shape index (κ1) is 37.4. The Bertz CT molecular complexity index is 3580. The molecule has 1 unspecified atom stereocenters. The average Bonchev–Trinajstić information content (AvgIpc) is 4.00. The smallest absolute Gasteiger partial charge is 0.143 e. The molecule has 0 bridgehead atoms. The summed E-state index contributed by atoms with van der Waals surface area (Å²) in [7, 11) is 0. The molecule has 1 atom stereocenters. The van der Waals surface area contributed by atoms with Crippen molar-refractivity contribution in [3.05, 3.63) is 282 Å². The van der Waals surface area contributed by atoms with Gasteiger partial charge in [-0.2, -0.15) is 0 Å². The Morgan fingerprint density at radius 2 is 0.923 bits per heavy atom. The molecule has 10 aromatic carbocycles. The molecule has 306 valence electrons. The Balaban J connectivity index is 1.09. The second-order valence-electron chi connectivity index (χ2n) is 17.7. The molecule has 0 amide bonds. The van der Waals surface area contributed by atoms with Gasteiger partial charge in [0.2, 0.25) is 0 Å². The summed E-state index contributed by atoms with van der Waals surface area (Å²) in [5, 5.41) is 2.25. The molecule has 0 aliphatic heterocycles. The van der Waals surface area contributed by atoms with Crippen molar-refractivity contribution in [3.8, 4) is 33.4 Å². The highest BCUT2D eigenvalue weighted by atomic mass is 16.3. The van der Waals surface area contributed by atoms with Gasteiger partial charge < -0.3 is 9.32 Å². The summed E-state index contributed by atoms with van der Waals surface area (Å²) < 4.78 is 6.64. The molecular formula is C63H43NO. The number of hydrogen-bond acceptors (Lipinski definition) is 2. The zero-order valence-electron chi connectivity index (χ0n) is 35.9. The fourth-order valence-electron chi connectivity index (χ4n) is 11.6. The number of rotatable bonds is 7. The maximum absolute atomic E-state index is 6.64. The first-order valence-corrected chi connectivity index (χ1v) is 22.6. The quantitative estimate of drug-likeness (QED) is 0.159. The van der Waals surface area contributed by atoms with Gasteiger partial charge in [-0.15, -0.1) is 0 Å². The fraction of sp³-hybridized carbons (Fsp3) is 0.0476. The van der Waals surface area contributed by atoms with Crippen LogP contribution in [0.2, 0.25) is 0 Å². The zero-order chi connectivity index (χ0) is 43.1. The van der Waals surface area contributed by atoms with Crippen molar-refractivity contribution in [1.82, 2.24) is 0 Å². The number of para-hydroxylation sites is 2. The maximum Gasteiger partial charge on any atom is 0.143 e. The summed E-state index contributed by atoms with van der Waals surface area (Å²) in [4.78, 5) is 2.50. The molecule has 2 nitrogen and oxygen atoms in total. The lowest BCUT2D eigenvalue weighted by molar-refractivity contribution is 0.670. The van der Waals surface area contributed by atoms with Gasteiger partial charge in [0.25, 0.3) is 0 Å². The van der Waals surface area contributed by atoms with Gasteiger partial charge in [0.05, 0.1) is 11.1 Å². The monoisotopic (exact) mass is 829 g/mol. The van der Waals surface area contributed by atoms with E-state index in [4.69, 9.17) is 4.42 Å². The van der Waals surface area contributed by atoms with Gasteiger partial charge in [-0.05, 0) is 105 Å². The minimum Gasteiger partial charge on any atom is -0.455 e. The Morgan fingerprint density at radius 1 is 0.369 bits per heavy atom. The summed E-state index contributed by atoms with van der Waals surface area (Å²) in [6.07, 6.45) is 0. The molecule has 13 rings (SSSR count). The van der Waals surface area contributed by atoms with Crippen molar-refractivity contribution in [2.75, 3.05) is 4.90 Å². The summed E-state index contributed by atoms with van der Waals surface area (Å²) in [6.45, 7) is 2.39. The van der Waals surface area contributed by atoms with Crippen LogP contribution in [0, 0.1) is 0 Å². The second-order valence-corrected chi connectivity index (χ2v) is 17.7. The van der Waals surface area contributed by atoms with E-state index in [1.807, 2.05) is 6.07 Å². The molecule has 0 N–H and O–H groups in total. The molecule has 1 heterocycles. The Hall–Kier alpha value is -8.20. The second kappa shape index (κ2) is 14.4. The fourth-order valence-corrected chi connectivity index (χ4v) is 11.6. The molecule has 0 saturated heterocycles. The van der Waals surface area contributed by atoms with Crippen molar-refractivity contribution in [2.45, 2.75) is 17.8 Å². The number of benzene rings is 10. The minimum absolute atomic E-state index is 0.306. The number of furan rings is 1. The average molecular weight is 830 g/mol. The van der Waals surface area contributed by atoms with Crippen molar-refractivity contribution in [3.63, 3.8) is 0 Å². The van der Waals surface area contributed by atoms with Crippen molar-refractivity contribution in [2.24, 2.45) is 0 Å². The molecule has 0 spiro atoms. The molecule has 11 aromatic rings. The molecule has 65 heavy (non-hydrogen) atoms. The largest absolute Gasteiger partial charge is 0.455 e. The SMILES string of the molecule is CC1(c2ccccc2)c2ccccc2-c2cc(N(c3cccc(-c4cccc5c4oc4ccccc45)c3)c3cccc4c3-c3ccccc3C4(c3ccccc3)c3ccccc3)ccc21. The van der Waals surface area contributed by atoms with E-state index in [1.165, 1.54) is 61.2 Å². The van der Waals surface area contributed by atoms with Crippen LogP contribution in [0.15, 0.2) is 247 Å². The zero-order valence-corrected chi connectivity index (χ0v) is 35.9. The van der Waals surface area contributed by atoms with Gasteiger partial charge in [-0.25, -0.2) is 0 Å². The summed E-state index contributed by atoms with van der Waals surface area (Å²) in [6, 6.07) is 89.2. The van der Waals surface area contributed by atoms with Crippen LogP contribution in [0.3, 0.4) is 0 Å². The first-order chi connectivity index (χ1) is 32.1. The highest BCUT2D eigenvalue weighted by Crippen LogP contribution is 2.60. The van der Waals surface area contributed by atoms with Crippen LogP contribution in [0.4, 0.5) is 17.1 Å². The van der Waals surface area contributed by atoms with Crippen molar-refractivity contribution in [1.29, 1.82) is 0 Å². The van der Waals surface area contributed by atoms with E-state index in [0.29, 0.717) is 0 Å². The van der Waals surface area contributed by atoms with E-state index in [2.05, 4.69) is 248 Å². The standard InChI is InChI=1S/C63H43NO/c1-62(43-21-5-2-6-22-43)54-33-14-11-28-49(54)53-41-47(38-39-55(53)62)64(46-27-17-20-42(40-46)48-31-18-32-51-50-29-13-16-37-59(50)65-61(48)51)58-36-19-35-57-60(58)52-30-12-15-34-56(52)63(57,44-23-7-3-8-24-44)45-25-9-4-10-26-45/h2-41H,1H3. The number of fused-ring (bicyclic) bond motifs is 9. The molecule has 2 aliphatic rings. The Labute approximate surface area is 379 Å². The van der Waals surface area contributed by atoms with Gasteiger partial charge in [-0.3, -0.25) is 0 Å². The Morgan fingerprint density at radius 3 is 1.69 bits per heavy atom. The molecular weight excluding hydrogens is 787 g/mol. The molecule has 0 fully saturated rings. The maximum atomic E-state index is 6.64. The van der Waals surface area contributed by atoms with Crippen LogP contribution >= 0.6 is 0 Å². The van der Waals surface area contributed by atoms with Crippen LogP contribution in [-0.2, 0) is 10.8 Å². The van der Waals surface area contributed by atoms with Gasteiger partial charge in [0.15, 0.2) is 0 Å². The van der Waals surface area contributed by atoms with Gasteiger partial charge in [0, 0.05) is 38.7 Å². The van der Waals surface area contributed by atoms with E-state index in [-0.39, 0.29) is 5.41 Å². The summed E-state index contributed by atoms with van der Waals surface area (Å²) in [5.41, 5.74) is 20.4. The molecule has 0 saturated carbocycles.